The van der Waals surface area contributed by atoms with Crippen molar-refractivity contribution in [1.82, 2.24) is 5.32 Å². The molecule has 0 saturated carbocycles. The Kier molecular flexibility index (Phi) is 5.93. The highest BCUT2D eigenvalue weighted by molar-refractivity contribution is 7.91. The van der Waals surface area contributed by atoms with Crippen LogP contribution in [0.1, 0.15) is 27.0 Å². The minimum atomic E-state index is -3.61. The first-order valence-electron chi connectivity index (χ1n) is 12.3. The molecule has 0 spiro atoms. The molecule has 0 aromatic heterocycles. The Morgan fingerprint density at radius 1 is 0.615 bits per heavy atom. The third kappa shape index (κ3) is 4.23. The zero-order chi connectivity index (χ0) is 27.0. The second-order valence-corrected chi connectivity index (χ2v) is 11.2. The van der Waals surface area contributed by atoms with E-state index in [4.69, 9.17) is 4.74 Å². The summed E-state index contributed by atoms with van der Waals surface area (Å²) < 4.78 is 31.7. The normalized spacial score (nSPS) is 16.4. The van der Waals surface area contributed by atoms with Crippen molar-refractivity contribution in [3.05, 3.63) is 150 Å². The van der Waals surface area contributed by atoms with Gasteiger partial charge in [-0.25, -0.2) is 8.42 Å². The molecule has 0 aliphatic carbocycles. The van der Waals surface area contributed by atoms with Crippen LogP contribution in [0, 0.1) is 0 Å². The van der Waals surface area contributed by atoms with Gasteiger partial charge < -0.3 is 15.2 Å². The van der Waals surface area contributed by atoms with E-state index < -0.39 is 15.4 Å². The molecular weight excluding hydrogens is 510 g/mol. The number of hydrogen-bond donors (Lipinski definition) is 2. The van der Waals surface area contributed by atoms with Crippen LogP contribution < -0.4 is 10.1 Å². The SMILES string of the molecule is O=C1NC(c2ccc(O)cc2)(c2ccc(Oc3ccc(S(=O)(=O)c4ccccc4)cc3)cc2)c2ccccc21. The number of amides is 1. The first kappa shape index (κ1) is 24.5. The number of rotatable bonds is 6. The fourth-order valence-corrected chi connectivity index (χ4v) is 6.26. The molecule has 0 saturated heterocycles. The summed E-state index contributed by atoms with van der Waals surface area (Å²) in [6.07, 6.45) is 0. The van der Waals surface area contributed by atoms with Gasteiger partial charge in [0.2, 0.25) is 9.84 Å². The Morgan fingerprint density at radius 3 is 1.77 bits per heavy atom. The van der Waals surface area contributed by atoms with Crippen LogP contribution in [0.25, 0.3) is 0 Å². The van der Waals surface area contributed by atoms with Crippen molar-refractivity contribution in [3.63, 3.8) is 0 Å². The molecule has 0 radical (unpaired) electrons. The standard InChI is InChI=1S/C32H23NO5S/c34-24-14-10-22(11-15-24)32(30-9-5-4-8-29(30)31(35)33-32)23-12-16-25(17-13-23)38-26-18-20-28(21-19-26)39(36,37)27-6-2-1-3-7-27/h1-21,34H,(H,33,35). The van der Waals surface area contributed by atoms with E-state index in [1.54, 1.807) is 84.9 Å². The number of phenolic OH excluding ortho intramolecular Hbond substituents is 1. The van der Waals surface area contributed by atoms with Crippen molar-refractivity contribution in [1.29, 1.82) is 0 Å². The Balaban J connectivity index is 1.31. The number of fused-ring (bicyclic) bond motifs is 1. The molecule has 5 aromatic carbocycles. The van der Waals surface area contributed by atoms with Gasteiger partial charge in [-0.1, -0.05) is 60.7 Å². The summed E-state index contributed by atoms with van der Waals surface area (Å²) in [7, 11) is -3.61. The van der Waals surface area contributed by atoms with E-state index in [0.29, 0.717) is 17.1 Å². The molecule has 1 aliphatic rings. The summed E-state index contributed by atoms with van der Waals surface area (Å²) in [5.74, 6) is 1.00. The molecule has 5 aromatic rings. The van der Waals surface area contributed by atoms with Crippen LogP contribution in [0.15, 0.2) is 137 Å². The average molecular weight is 534 g/mol. The number of sulfone groups is 1. The fourth-order valence-electron chi connectivity index (χ4n) is 4.98. The van der Waals surface area contributed by atoms with E-state index in [2.05, 4.69) is 5.32 Å². The Hall–Kier alpha value is -4.88. The third-order valence-electron chi connectivity index (χ3n) is 6.89. The molecule has 6 nitrogen and oxygen atoms in total. The molecule has 2 N–H and O–H groups in total. The lowest BCUT2D eigenvalue weighted by atomic mass is 9.78. The van der Waals surface area contributed by atoms with Crippen LogP contribution in [-0.4, -0.2) is 19.4 Å². The summed E-state index contributed by atoms with van der Waals surface area (Å²) in [6, 6.07) is 36.2. The predicted molar refractivity (Wildman–Crippen MR) is 147 cm³/mol. The molecule has 6 rings (SSSR count). The number of aromatic hydroxyl groups is 1. The summed E-state index contributed by atoms with van der Waals surface area (Å²) >= 11 is 0. The van der Waals surface area contributed by atoms with Crippen molar-refractivity contribution in [2.24, 2.45) is 0 Å². The smallest absolute Gasteiger partial charge is 0.252 e. The van der Waals surface area contributed by atoms with Crippen LogP contribution in [0.4, 0.5) is 0 Å². The molecule has 0 fully saturated rings. The highest BCUT2D eigenvalue weighted by Gasteiger charge is 2.45. The van der Waals surface area contributed by atoms with Crippen LogP contribution in [0.2, 0.25) is 0 Å². The van der Waals surface area contributed by atoms with Crippen molar-refractivity contribution in [2.45, 2.75) is 15.3 Å². The Labute approximate surface area is 226 Å². The molecule has 1 aliphatic heterocycles. The monoisotopic (exact) mass is 533 g/mol. The largest absolute Gasteiger partial charge is 0.508 e. The highest BCUT2D eigenvalue weighted by Crippen LogP contribution is 2.43. The molecule has 39 heavy (non-hydrogen) atoms. The van der Waals surface area contributed by atoms with Gasteiger partial charge in [-0.15, -0.1) is 0 Å². The van der Waals surface area contributed by atoms with Crippen molar-refractivity contribution < 1.29 is 23.1 Å². The maximum atomic E-state index is 13.0. The van der Waals surface area contributed by atoms with Crippen molar-refractivity contribution >= 4 is 15.7 Å². The van der Waals surface area contributed by atoms with E-state index in [1.807, 2.05) is 30.3 Å². The van der Waals surface area contributed by atoms with Gasteiger partial charge in [0.15, 0.2) is 0 Å². The van der Waals surface area contributed by atoms with Crippen LogP contribution in [0.3, 0.4) is 0 Å². The van der Waals surface area contributed by atoms with Crippen LogP contribution >= 0.6 is 0 Å². The second-order valence-electron chi connectivity index (χ2n) is 9.21. The van der Waals surface area contributed by atoms with Gasteiger partial charge in [-0.3, -0.25) is 4.79 Å². The number of phenols is 1. The lowest BCUT2D eigenvalue weighted by molar-refractivity contribution is 0.0948. The van der Waals surface area contributed by atoms with Gasteiger partial charge in [0.1, 0.15) is 22.8 Å². The number of nitrogens with one attached hydrogen (secondary N) is 1. The zero-order valence-corrected chi connectivity index (χ0v) is 21.4. The second kappa shape index (κ2) is 9.45. The van der Waals surface area contributed by atoms with Gasteiger partial charge in [-0.05, 0) is 83.4 Å². The topological polar surface area (TPSA) is 92.7 Å². The molecule has 0 bridgehead atoms. The minimum absolute atomic E-state index is 0.137. The third-order valence-corrected chi connectivity index (χ3v) is 8.67. The van der Waals surface area contributed by atoms with Crippen molar-refractivity contribution in [2.75, 3.05) is 0 Å². The van der Waals surface area contributed by atoms with E-state index in [-0.39, 0.29) is 21.4 Å². The maximum absolute atomic E-state index is 13.0. The maximum Gasteiger partial charge on any atom is 0.252 e. The van der Waals surface area contributed by atoms with Gasteiger partial charge in [0, 0.05) is 5.56 Å². The molecule has 192 valence electrons. The quantitative estimate of drug-likeness (QED) is 0.277. The average Bonchev–Trinajstić information content (AvgIpc) is 3.28. The van der Waals surface area contributed by atoms with Crippen LogP contribution in [0.5, 0.6) is 17.2 Å². The lowest BCUT2D eigenvalue weighted by Gasteiger charge is -2.32. The minimum Gasteiger partial charge on any atom is -0.508 e. The first-order chi connectivity index (χ1) is 18.9. The highest BCUT2D eigenvalue weighted by atomic mass is 32.2. The van der Waals surface area contributed by atoms with Gasteiger partial charge >= 0.3 is 0 Å². The molecule has 7 heteroatoms. The fraction of sp³-hybridized carbons (Fsp3) is 0.0312. The first-order valence-corrected chi connectivity index (χ1v) is 13.8. The zero-order valence-electron chi connectivity index (χ0n) is 20.6. The van der Waals surface area contributed by atoms with Gasteiger partial charge in [-0.2, -0.15) is 0 Å². The Bertz CT molecular complexity index is 1770. The summed E-state index contributed by atoms with van der Waals surface area (Å²) in [6.45, 7) is 0. The Morgan fingerprint density at radius 2 is 1.13 bits per heavy atom. The molecule has 1 atom stereocenters. The van der Waals surface area contributed by atoms with E-state index in [0.717, 1.165) is 16.7 Å². The summed E-state index contributed by atoms with van der Waals surface area (Å²) in [4.78, 5) is 13.4. The van der Waals surface area contributed by atoms with Gasteiger partial charge in [0.05, 0.1) is 9.79 Å². The predicted octanol–water partition coefficient (Wildman–Crippen LogP) is 6.05. The molecular formula is C32H23NO5S. The molecule has 1 heterocycles. The van der Waals surface area contributed by atoms with Gasteiger partial charge in [0.25, 0.3) is 5.91 Å². The summed E-state index contributed by atoms with van der Waals surface area (Å²) in [5, 5.41) is 13.0. The van der Waals surface area contributed by atoms with E-state index in [9.17, 15) is 18.3 Å². The van der Waals surface area contributed by atoms with Crippen LogP contribution in [-0.2, 0) is 15.4 Å². The van der Waals surface area contributed by atoms with E-state index >= 15 is 0 Å². The number of carbonyl (C=O) groups is 1. The number of benzene rings is 5. The number of hydrogen-bond acceptors (Lipinski definition) is 5. The molecule has 1 unspecified atom stereocenters. The molecule has 1 amide bonds. The van der Waals surface area contributed by atoms with Crippen molar-refractivity contribution in [3.8, 4) is 17.2 Å². The van der Waals surface area contributed by atoms with E-state index in [1.165, 1.54) is 12.1 Å². The number of carbonyl (C=O) groups excluding carboxylic acids is 1. The lowest BCUT2D eigenvalue weighted by Crippen LogP contribution is -2.41. The summed E-state index contributed by atoms with van der Waals surface area (Å²) in [5.41, 5.74) is 2.11. The number of ether oxygens (including phenoxy) is 1.